The third-order valence-electron chi connectivity index (χ3n) is 2.90. The van der Waals surface area contributed by atoms with Gasteiger partial charge in [-0.15, -0.1) is 0 Å². The number of rotatable bonds is 3. The van der Waals surface area contributed by atoms with E-state index in [9.17, 15) is 13.2 Å². The number of ether oxygens (including phenoxy) is 1. The number of aromatic nitrogens is 1. The van der Waals surface area contributed by atoms with Crippen molar-refractivity contribution in [3.8, 4) is 0 Å². The summed E-state index contributed by atoms with van der Waals surface area (Å²) in [5.41, 5.74) is 0. The van der Waals surface area contributed by atoms with Crippen LogP contribution in [0.1, 0.15) is 0 Å². The van der Waals surface area contributed by atoms with Crippen molar-refractivity contribution in [2.75, 3.05) is 26.7 Å². The van der Waals surface area contributed by atoms with Gasteiger partial charge in [0.1, 0.15) is 10.9 Å². The Bertz CT molecular complexity index is 546. The summed E-state index contributed by atoms with van der Waals surface area (Å²) in [4.78, 5) is 15.4. The Labute approximate surface area is 111 Å². The van der Waals surface area contributed by atoms with Crippen molar-refractivity contribution < 1.29 is 17.9 Å². The largest absolute Gasteiger partial charge is 0.468 e. The van der Waals surface area contributed by atoms with Gasteiger partial charge in [0.15, 0.2) is 0 Å². The van der Waals surface area contributed by atoms with Gasteiger partial charge in [0, 0.05) is 32.0 Å². The number of hydrogen-bond acceptors (Lipinski definition) is 6. The molecule has 2 rings (SSSR count). The summed E-state index contributed by atoms with van der Waals surface area (Å²) in [5, 5.41) is 2.93. The first kappa shape index (κ1) is 13.9. The highest BCUT2D eigenvalue weighted by atomic mass is 32.2. The van der Waals surface area contributed by atoms with Crippen molar-refractivity contribution in [2.45, 2.75) is 10.9 Å². The van der Waals surface area contributed by atoms with Crippen LogP contribution in [0.3, 0.4) is 0 Å². The van der Waals surface area contributed by atoms with Crippen LogP contribution in [0.2, 0.25) is 0 Å². The minimum Gasteiger partial charge on any atom is -0.468 e. The highest BCUT2D eigenvalue weighted by molar-refractivity contribution is 7.89. The van der Waals surface area contributed by atoms with Crippen LogP contribution < -0.4 is 5.32 Å². The number of carbonyl (C=O) groups excluding carboxylic acids is 1. The summed E-state index contributed by atoms with van der Waals surface area (Å²) in [6.45, 7) is 0.772. The number of sulfonamides is 1. The third kappa shape index (κ3) is 2.91. The summed E-state index contributed by atoms with van der Waals surface area (Å²) in [6.07, 6.45) is 2.80. The highest BCUT2D eigenvalue weighted by Gasteiger charge is 2.33. The van der Waals surface area contributed by atoms with E-state index in [2.05, 4.69) is 15.0 Å². The fourth-order valence-electron chi connectivity index (χ4n) is 1.89. The topological polar surface area (TPSA) is 88.6 Å². The lowest BCUT2D eigenvalue weighted by Crippen LogP contribution is -2.55. The highest BCUT2D eigenvalue weighted by Crippen LogP contribution is 2.16. The first-order chi connectivity index (χ1) is 9.05. The molecule has 0 unspecified atom stereocenters. The molecule has 0 radical (unpaired) electrons. The lowest BCUT2D eigenvalue weighted by Gasteiger charge is -2.31. The molecule has 1 aliphatic heterocycles. The van der Waals surface area contributed by atoms with E-state index in [1.165, 1.54) is 29.9 Å². The molecule has 104 valence electrons. The number of nitrogens with zero attached hydrogens (tertiary/aromatic N) is 2. The van der Waals surface area contributed by atoms with Crippen molar-refractivity contribution in [3.05, 3.63) is 24.5 Å². The number of pyridine rings is 1. The van der Waals surface area contributed by atoms with Crippen LogP contribution in [-0.4, -0.2) is 56.5 Å². The first-order valence-electron chi connectivity index (χ1n) is 5.77. The molecular weight excluding hydrogens is 270 g/mol. The van der Waals surface area contributed by atoms with Crippen LogP contribution in [0.5, 0.6) is 0 Å². The second-order valence-electron chi connectivity index (χ2n) is 4.08. The van der Waals surface area contributed by atoms with E-state index in [1.807, 2.05) is 0 Å². The zero-order chi connectivity index (χ0) is 13.9. The Morgan fingerprint density at radius 2 is 2.37 bits per heavy atom. The van der Waals surface area contributed by atoms with Gasteiger partial charge in [0.25, 0.3) is 0 Å². The van der Waals surface area contributed by atoms with Gasteiger partial charge in [0.05, 0.1) is 7.11 Å². The maximum Gasteiger partial charge on any atom is 0.324 e. The minimum atomic E-state index is -3.61. The fraction of sp³-hybridized carbons (Fsp3) is 0.455. The molecule has 1 fully saturated rings. The Morgan fingerprint density at radius 3 is 3.00 bits per heavy atom. The SMILES string of the molecule is COC(=O)[C@H]1CN(S(=O)(=O)c2cccnc2)CCN1. The quantitative estimate of drug-likeness (QED) is 0.733. The number of methoxy groups -OCH3 is 1. The smallest absolute Gasteiger partial charge is 0.324 e. The van der Waals surface area contributed by atoms with E-state index in [0.29, 0.717) is 13.1 Å². The summed E-state index contributed by atoms with van der Waals surface area (Å²) in [7, 11) is -2.34. The van der Waals surface area contributed by atoms with Crippen LogP contribution in [0.4, 0.5) is 0 Å². The standard InChI is InChI=1S/C11H15N3O4S/c1-18-11(15)10-8-14(6-5-13-10)19(16,17)9-3-2-4-12-7-9/h2-4,7,10,13H,5-6,8H2,1H3/t10-/m1/s1. The van der Waals surface area contributed by atoms with Crippen molar-refractivity contribution in [1.82, 2.24) is 14.6 Å². The lowest BCUT2D eigenvalue weighted by atomic mass is 10.2. The fourth-order valence-corrected chi connectivity index (χ4v) is 3.31. The van der Waals surface area contributed by atoms with Gasteiger partial charge in [-0.05, 0) is 12.1 Å². The van der Waals surface area contributed by atoms with Gasteiger partial charge in [-0.2, -0.15) is 4.31 Å². The Kier molecular flexibility index (Phi) is 4.13. The van der Waals surface area contributed by atoms with Gasteiger partial charge >= 0.3 is 5.97 Å². The zero-order valence-corrected chi connectivity index (χ0v) is 11.3. The van der Waals surface area contributed by atoms with E-state index < -0.39 is 22.0 Å². The Balaban J connectivity index is 2.20. The van der Waals surface area contributed by atoms with E-state index >= 15 is 0 Å². The molecule has 1 aromatic rings. The molecule has 0 aliphatic carbocycles. The van der Waals surface area contributed by atoms with Crippen LogP contribution in [0, 0.1) is 0 Å². The number of esters is 1. The number of piperazine rings is 1. The normalized spacial score (nSPS) is 21.0. The Morgan fingerprint density at radius 1 is 1.58 bits per heavy atom. The first-order valence-corrected chi connectivity index (χ1v) is 7.21. The van der Waals surface area contributed by atoms with Gasteiger partial charge in [-0.1, -0.05) is 0 Å². The predicted molar refractivity (Wildman–Crippen MR) is 66.8 cm³/mol. The van der Waals surface area contributed by atoms with Gasteiger partial charge in [-0.25, -0.2) is 8.42 Å². The predicted octanol–water partition coefficient (Wildman–Crippen LogP) is -0.783. The maximum absolute atomic E-state index is 12.3. The monoisotopic (exact) mass is 285 g/mol. The molecule has 2 heterocycles. The average Bonchev–Trinajstić information content (AvgIpc) is 2.47. The molecule has 1 atom stereocenters. The van der Waals surface area contributed by atoms with E-state index in [0.717, 1.165) is 0 Å². The summed E-state index contributed by atoms with van der Waals surface area (Å²) >= 11 is 0. The van der Waals surface area contributed by atoms with Gasteiger partial charge in [-0.3, -0.25) is 9.78 Å². The lowest BCUT2D eigenvalue weighted by molar-refractivity contribution is -0.143. The van der Waals surface area contributed by atoms with Gasteiger partial charge < -0.3 is 10.1 Å². The second kappa shape index (κ2) is 5.64. The Hall–Kier alpha value is -1.51. The molecule has 0 aromatic carbocycles. The third-order valence-corrected chi connectivity index (χ3v) is 4.74. The molecule has 8 heteroatoms. The van der Waals surface area contributed by atoms with Crippen molar-refractivity contribution in [2.24, 2.45) is 0 Å². The van der Waals surface area contributed by atoms with Crippen LogP contribution in [-0.2, 0) is 19.6 Å². The van der Waals surface area contributed by atoms with Crippen LogP contribution >= 0.6 is 0 Å². The molecule has 19 heavy (non-hydrogen) atoms. The molecule has 1 N–H and O–H groups in total. The van der Waals surface area contributed by atoms with Crippen molar-refractivity contribution >= 4 is 16.0 Å². The molecular formula is C11H15N3O4S. The average molecular weight is 285 g/mol. The number of carbonyl (C=O) groups is 1. The zero-order valence-electron chi connectivity index (χ0n) is 10.4. The maximum atomic E-state index is 12.3. The summed E-state index contributed by atoms with van der Waals surface area (Å²) in [5.74, 6) is -0.467. The number of nitrogens with one attached hydrogen (secondary N) is 1. The second-order valence-corrected chi connectivity index (χ2v) is 6.02. The molecule has 1 saturated heterocycles. The molecule has 1 aromatic heterocycles. The molecule has 0 bridgehead atoms. The molecule has 0 spiro atoms. The molecule has 7 nitrogen and oxygen atoms in total. The van der Waals surface area contributed by atoms with E-state index in [4.69, 9.17) is 0 Å². The van der Waals surface area contributed by atoms with E-state index in [1.54, 1.807) is 6.07 Å². The van der Waals surface area contributed by atoms with Crippen molar-refractivity contribution in [1.29, 1.82) is 0 Å². The summed E-state index contributed by atoms with van der Waals surface area (Å²) < 4.78 is 30.6. The van der Waals surface area contributed by atoms with Crippen molar-refractivity contribution in [3.63, 3.8) is 0 Å². The minimum absolute atomic E-state index is 0.0594. The van der Waals surface area contributed by atoms with E-state index in [-0.39, 0.29) is 11.4 Å². The molecule has 1 aliphatic rings. The van der Waals surface area contributed by atoms with Gasteiger partial charge in [0.2, 0.25) is 10.0 Å². The number of hydrogen-bond donors (Lipinski definition) is 1. The molecule has 0 amide bonds. The van der Waals surface area contributed by atoms with Crippen LogP contribution in [0.25, 0.3) is 0 Å². The van der Waals surface area contributed by atoms with Crippen LogP contribution in [0.15, 0.2) is 29.4 Å². The summed E-state index contributed by atoms with van der Waals surface area (Å²) in [6, 6.07) is 2.41. The molecule has 0 saturated carbocycles.